The minimum atomic E-state index is 0.0434. The van der Waals surface area contributed by atoms with Crippen molar-refractivity contribution in [2.45, 2.75) is 52.4 Å². The van der Waals surface area contributed by atoms with E-state index in [9.17, 15) is 0 Å². The summed E-state index contributed by atoms with van der Waals surface area (Å²) in [4.78, 5) is 10.4. The summed E-state index contributed by atoms with van der Waals surface area (Å²) in [5, 5.41) is 2.53. The third-order valence-electron chi connectivity index (χ3n) is 8.75. The highest BCUT2D eigenvalue weighted by Gasteiger charge is 2.22. The van der Waals surface area contributed by atoms with Gasteiger partial charge >= 0.3 is 0 Å². The summed E-state index contributed by atoms with van der Waals surface area (Å²) in [6.07, 6.45) is 0. The summed E-state index contributed by atoms with van der Waals surface area (Å²) in [6.45, 7) is 13.7. The van der Waals surface area contributed by atoms with Crippen LogP contribution in [0.1, 0.15) is 52.7 Å². The van der Waals surface area contributed by atoms with Gasteiger partial charge in [0, 0.05) is 27.5 Å². The molecule has 2 heterocycles. The molecule has 2 aromatic heterocycles. The Bertz CT molecular complexity index is 2030. The lowest BCUT2D eigenvalue weighted by Gasteiger charge is -2.19. The van der Waals surface area contributed by atoms with Gasteiger partial charge in [-0.15, -0.1) is 0 Å². The van der Waals surface area contributed by atoms with Crippen molar-refractivity contribution in [3.8, 4) is 39.6 Å². The van der Waals surface area contributed by atoms with E-state index in [2.05, 4.69) is 161 Å². The van der Waals surface area contributed by atoms with Crippen molar-refractivity contribution >= 4 is 21.8 Å². The highest BCUT2D eigenvalue weighted by atomic mass is 15.0. The molecule has 5 aromatic carbocycles. The number of benzene rings is 5. The van der Waals surface area contributed by atoms with Crippen molar-refractivity contribution in [1.82, 2.24) is 14.5 Å². The van der Waals surface area contributed by atoms with E-state index in [1.165, 1.54) is 32.9 Å². The van der Waals surface area contributed by atoms with Gasteiger partial charge in [0.1, 0.15) is 0 Å². The van der Waals surface area contributed by atoms with Gasteiger partial charge in [-0.05, 0) is 64.4 Å². The van der Waals surface area contributed by atoms with Crippen LogP contribution in [0, 0.1) is 0 Å². The average Bonchev–Trinajstić information content (AvgIpc) is 3.37. The van der Waals surface area contributed by atoms with Crippen LogP contribution >= 0.6 is 0 Å². The molecule has 0 unspecified atom stereocenters. The second-order valence-corrected chi connectivity index (χ2v) is 14.0. The predicted octanol–water partition coefficient (Wildman–Crippen LogP) is 11.2. The summed E-state index contributed by atoms with van der Waals surface area (Å²) >= 11 is 0. The summed E-state index contributed by atoms with van der Waals surface area (Å²) in [7, 11) is 0. The number of hydrogen-bond acceptors (Lipinski definition) is 2. The fourth-order valence-electron chi connectivity index (χ4n) is 6.15. The van der Waals surface area contributed by atoms with Crippen LogP contribution < -0.4 is 0 Å². The molecule has 0 spiro atoms. The first-order valence-electron chi connectivity index (χ1n) is 15.8. The second-order valence-electron chi connectivity index (χ2n) is 14.0. The van der Waals surface area contributed by atoms with E-state index in [1.54, 1.807) is 0 Å². The van der Waals surface area contributed by atoms with Crippen molar-refractivity contribution in [2.75, 3.05) is 0 Å². The van der Waals surface area contributed by atoms with E-state index in [0.29, 0.717) is 5.82 Å². The molecule has 0 aliphatic heterocycles. The molecule has 0 saturated carbocycles. The molecular weight excluding hydrogens is 546 g/mol. The topological polar surface area (TPSA) is 30.7 Å². The molecule has 7 rings (SSSR count). The third kappa shape index (κ3) is 5.33. The largest absolute Gasteiger partial charge is 0.309 e. The monoisotopic (exact) mass is 585 g/mol. The first-order valence-corrected chi connectivity index (χ1v) is 15.8. The van der Waals surface area contributed by atoms with E-state index in [1.807, 2.05) is 12.1 Å². The summed E-state index contributed by atoms with van der Waals surface area (Å²) < 4.78 is 2.40. The Labute approximate surface area is 266 Å². The molecule has 3 nitrogen and oxygen atoms in total. The first kappa shape index (κ1) is 28.7. The number of fused-ring (bicyclic) bond motifs is 3. The number of para-hydroxylation sites is 1. The maximum Gasteiger partial charge on any atom is 0.162 e. The number of hydrogen-bond donors (Lipinski definition) is 0. The Morgan fingerprint density at radius 2 is 0.911 bits per heavy atom. The van der Waals surface area contributed by atoms with Gasteiger partial charge in [0.2, 0.25) is 0 Å². The van der Waals surface area contributed by atoms with Crippen molar-refractivity contribution < 1.29 is 0 Å². The summed E-state index contributed by atoms with van der Waals surface area (Å²) in [6, 6.07) is 45.3. The molecule has 0 bridgehead atoms. The van der Waals surface area contributed by atoms with Crippen molar-refractivity contribution in [3.05, 3.63) is 139 Å². The molecule has 45 heavy (non-hydrogen) atoms. The smallest absolute Gasteiger partial charge is 0.162 e. The lowest BCUT2D eigenvalue weighted by Crippen LogP contribution is -2.10. The lowest BCUT2D eigenvalue weighted by molar-refractivity contribution is 0.590. The van der Waals surface area contributed by atoms with Crippen LogP contribution in [0.2, 0.25) is 0 Å². The minimum absolute atomic E-state index is 0.0434. The quantitative estimate of drug-likeness (QED) is 0.206. The standard InChI is InChI=1S/C42H39N3/c1-41(2,3)30-21-23-38-33(25-30)34-26-31(42(4,5)6)22-24-39(34)45(38)37-20-14-13-19-32(37)40-43-35(28-15-9-7-10-16-28)27-36(44-40)29-17-11-8-12-18-29/h7-27H,1-6H3. The van der Waals surface area contributed by atoms with Crippen LogP contribution in [0.15, 0.2) is 127 Å². The molecule has 3 heteroatoms. The highest BCUT2D eigenvalue weighted by Crippen LogP contribution is 2.40. The second kappa shape index (κ2) is 10.9. The maximum atomic E-state index is 5.20. The van der Waals surface area contributed by atoms with Crippen molar-refractivity contribution in [2.24, 2.45) is 0 Å². The fraction of sp³-hybridized carbons (Fsp3) is 0.190. The van der Waals surface area contributed by atoms with Gasteiger partial charge in [0.25, 0.3) is 0 Å². The zero-order valence-electron chi connectivity index (χ0n) is 27.0. The Morgan fingerprint density at radius 3 is 1.38 bits per heavy atom. The van der Waals surface area contributed by atoms with Crippen LogP contribution in [0.3, 0.4) is 0 Å². The number of rotatable bonds is 4. The fourth-order valence-corrected chi connectivity index (χ4v) is 6.15. The van der Waals surface area contributed by atoms with Gasteiger partial charge in [-0.25, -0.2) is 9.97 Å². The molecule has 0 fully saturated rings. The maximum absolute atomic E-state index is 5.20. The first-order chi connectivity index (χ1) is 21.6. The van der Waals surface area contributed by atoms with Crippen molar-refractivity contribution in [3.63, 3.8) is 0 Å². The Balaban J connectivity index is 1.52. The molecular formula is C42H39N3. The minimum Gasteiger partial charge on any atom is -0.309 e. The number of nitrogens with zero attached hydrogens (tertiary/aromatic N) is 3. The Hall–Kier alpha value is -5.02. The average molecular weight is 586 g/mol. The van der Waals surface area contributed by atoms with Crippen LogP contribution in [0.25, 0.3) is 61.4 Å². The summed E-state index contributed by atoms with van der Waals surface area (Å²) in [5.41, 5.74) is 11.1. The van der Waals surface area contributed by atoms with Gasteiger partial charge in [-0.2, -0.15) is 0 Å². The van der Waals surface area contributed by atoms with Crippen LogP contribution in [0.4, 0.5) is 0 Å². The van der Waals surface area contributed by atoms with Gasteiger partial charge < -0.3 is 4.57 Å². The molecule has 0 N–H and O–H groups in total. The Morgan fingerprint density at radius 1 is 0.467 bits per heavy atom. The molecule has 0 aliphatic rings. The molecule has 222 valence electrons. The molecule has 0 amide bonds. The SMILES string of the molecule is CC(C)(C)c1ccc2c(c1)c1cc(C(C)(C)C)ccc1n2-c1ccccc1-c1nc(-c2ccccc2)cc(-c2ccccc2)n1. The number of aromatic nitrogens is 3. The van der Waals surface area contributed by atoms with Gasteiger partial charge in [0.05, 0.1) is 28.1 Å². The van der Waals surface area contributed by atoms with E-state index >= 15 is 0 Å². The van der Waals surface area contributed by atoms with Crippen LogP contribution in [0.5, 0.6) is 0 Å². The van der Waals surface area contributed by atoms with Crippen molar-refractivity contribution in [1.29, 1.82) is 0 Å². The van der Waals surface area contributed by atoms with Gasteiger partial charge in [0.15, 0.2) is 5.82 Å². The highest BCUT2D eigenvalue weighted by molar-refractivity contribution is 6.10. The van der Waals surface area contributed by atoms with E-state index in [4.69, 9.17) is 9.97 Å². The predicted molar refractivity (Wildman–Crippen MR) is 190 cm³/mol. The molecule has 0 aliphatic carbocycles. The van der Waals surface area contributed by atoms with Gasteiger partial charge in [-0.3, -0.25) is 0 Å². The molecule has 0 radical (unpaired) electrons. The van der Waals surface area contributed by atoms with Crippen LogP contribution in [-0.2, 0) is 10.8 Å². The summed E-state index contributed by atoms with van der Waals surface area (Å²) in [5.74, 6) is 0.707. The zero-order chi connectivity index (χ0) is 31.3. The van der Waals surface area contributed by atoms with Crippen LogP contribution in [-0.4, -0.2) is 14.5 Å². The molecule has 7 aromatic rings. The normalized spacial score (nSPS) is 12.2. The van der Waals surface area contributed by atoms with E-state index < -0.39 is 0 Å². The van der Waals surface area contributed by atoms with Gasteiger partial charge in [-0.1, -0.05) is 126 Å². The third-order valence-corrected chi connectivity index (χ3v) is 8.75. The van der Waals surface area contributed by atoms with E-state index in [0.717, 1.165) is 33.8 Å². The lowest BCUT2D eigenvalue weighted by atomic mass is 9.85. The molecule has 0 saturated heterocycles. The Kier molecular flexibility index (Phi) is 6.93. The van der Waals surface area contributed by atoms with E-state index in [-0.39, 0.29) is 10.8 Å². The molecule has 0 atom stereocenters. The zero-order valence-corrected chi connectivity index (χ0v) is 27.0.